The quantitative estimate of drug-likeness (QED) is 0.475. The predicted molar refractivity (Wildman–Crippen MR) is 105 cm³/mol. The number of phenols is 1. The van der Waals surface area contributed by atoms with Crippen LogP contribution in [0.2, 0.25) is 0 Å². The molecule has 0 amide bonds. The number of aromatic nitrogens is 2. The van der Waals surface area contributed by atoms with Crippen LogP contribution in [0, 0.1) is 0 Å². The second kappa shape index (κ2) is 7.43. The summed E-state index contributed by atoms with van der Waals surface area (Å²) >= 11 is 0. The van der Waals surface area contributed by atoms with E-state index in [1.54, 1.807) is 48.9 Å². The number of anilines is 1. The van der Waals surface area contributed by atoms with E-state index >= 15 is 0 Å². The second-order valence-corrected chi connectivity index (χ2v) is 6.51. The predicted octanol–water partition coefficient (Wildman–Crippen LogP) is 5.56. The lowest BCUT2D eigenvalue weighted by atomic mass is 9.96. The molecule has 0 saturated carbocycles. The number of benzene rings is 2. The maximum absolute atomic E-state index is 13.1. The number of pyridine rings is 2. The van der Waals surface area contributed by atoms with Gasteiger partial charge in [-0.05, 0) is 42.0 Å². The average molecular weight is 395 g/mol. The molecule has 0 aliphatic heterocycles. The van der Waals surface area contributed by atoms with Gasteiger partial charge in [0.1, 0.15) is 11.3 Å². The number of fused-ring (bicyclic) bond motifs is 1. The molecular formula is C22H16F3N3O. The van der Waals surface area contributed by atoms with E-state index in [-0.39, 0.29) is 11.4 Å². The highest BCUT2D eigenvalue weighted by Crippen LogP contribution is 2.37. The normalized spacial score (nSPS) is 12.7. The minimum absolute atomic E-state index is 0.0237. The highest BCUT2D eigenvalue weighted by atomic mass is 19.4. The van der Waals surface area contributed by atoms with Crippen molar-refractivity contribution in [1.82, 2.24) is 9.97 Å². The molecule has 1 atom stereocenters. The van der Waals surface area contributed by atoms with Crippen LogP contribution in [0.1, 0.15) is 22.7 Å². The number of nitrogens with zero attached hydrogens (tertiary/aromatic N) is 2. The van der Waals surface area contributed by atoms with Gasteiger partial charge in [-0.1, -0.05) is 24.3 Å². The van der Waals surface area contributed by atoms with Crippen LogP contribution < -0.4 is 5.32 Å². The standard InChI is InChI=1S/C22H16F3N3O/c23-22(24,25)16-4-1-5-17(13-16)28-19(15-8-11-26-12-9-15)18-7-6-14-3-2-10-27-20(14)21(18)29/h1-13,19,28-29H/t19-/m0/s1. The van der Waals surface area contributed by atoms with Crippen LogP contribution in [0.15, 0.2) is 79.3 Å². The molecule has 0 fully saturated rings. The van der Waals surface area contributed by atoms with Crippen molar-refractivity contribution in [2.45, 2.75) is 12.2 Å². The summed E-state index contributed by atoms with van der Waals surface area (Å²) in [6, 6.07) is 15.0. The Kier molecular flexibility index (Phi) is 4.80. The summed E-state index contributed by atoms with van der Waals surface area (Å²) < 4.78 is 39.3. The van der Waals surface area contributed by atoms with E-state index in [0.717, 1.165) is 23.1 Å². The van der Waals surface area contributed by atoms with Crippen molar-refractivity contribution in [1.29, 1.82) is 0 Å². The monoisotopic (exact) mass is 395 g/mol. The molecule has 4 nitrogen and oxygen atoms in total. The Hall–Kier alpha value is -3.61. The van der Waals surface area contributed by atoms with Crippen molar-refractivity contribution in [3.8, 4) is 5.75 Å². The molecule has 0 bridgehead atoms. The summed E-state index contributed by atoms with van der Waals surface area (Å²) in [5, 5.41) is 14.7. The molecule has 0 spiro atoms. The molecule has 0 radical (unpaired) electrons. The summed E-state index contributed by atoms with van der Waals surface area (Å²) in [6.45, 7) is 0. The fraction of sp³-hybridized carbons (Fsp3) is 0.0909. The molecule has 0 saturated heterocycles. The van der Waals surface area contributed by atoms with Crippen LogP contribution in [0.5, 0.6) is 5.75 Å². The maximum Gasteiger partial charge on any atom is 0.416 e. The van der Waals surface area contributed by atoms with Crippen molar-refractivity contribution in [2.75, 3.05) is 5.32 Å². The Labute approximate surface area is 164 Å². The number of hydrogen-bond acceptors (Lipinski definition) is 4. The first-order valence-corrected chi connectivity index (χ1v) is 8.84. The van der Waals surface area contributed by atoms with Crippen LogP contribution in [0.25, 0.3) is 10.9 Å². The zero-order valence-electron chi connectivity index (χ0n) is 15.1. The Morgan fingerprint density at radius 3 is 2.45 bits per heavy atom. The summed E-state index contributed by atoms with van der Waals surface area (Å²) in [5.41, 5.74) is 1.19. The Morgan fingerprint density at radius 2 is 1.69 bits per heavy atom. The molecule has 7 heteroatoms. The molecule has 0 aliphatic rings. The Bertz CT molecular complexity index is 1150. The molecule has 4 aromatic rings. The van der Waals surface area contributed by atoms with Gasteiger partial charge >= 0.3 is 6.18 Å². The first-order chi connectivity index (χ1) is 13.9. The molecule has 0 aliphatic carbocycles. The first kappa shape index (κ1) is 18.7. The number of halogens is 3. The van der Waals surface area contributed by atoms with E-state index in [1.807, 2.05) is 12.1 Å². The van der Waals surface area contributed by atoms with Crippen molar-refractivity contribution < 1.29 is 18.3 Å². The van der Waals surface area contributed by atoms with Crippen molar-refractivity contribution in [3.05, 3.63) is 95.9 Å². The maximum atomic E-state index is 13.1. The Morgan fingerprint density at radius 1 is 0.897 bits per heavy atom. The molecule has 0 unspecified atom stereocenters. The van der Waals surface area contributed by atoms with Gasteiger partial charge in [-0.25, -0.2) is 0 Å². The number of nitrogens with one attached hydrogen (secondary N) is 1. The van der Waals surface area contributed by atoms with E-state index in [1.165, 1.54) is 6.07 Å². The highest BCUT2D eigenvalue weighted by Gasteiger charge is 2.30. The molecule has 2 aromatic carbocycles. The number of rotatable bonds is 4. The van der Waals surface area contributed by atoms with E-state index in [2.05, 4.69) is 15.3 Å². The number of phenolic OH excluding ortho intramolecular Hbond substituents is 1. The van der Waals surface area contributed by atoms with Gasteiger partial charge in [-0.3, -0.25) is 9.97 Å². The van der Waals surface area contributed by atoms with E-state index in [9.17, 15) is 18.3 Å². The fourth-order valence-electron chi connectivity index (χ4n) is 3.23. The third-order valence-electron chi connectivity index (χ3n) is 4.63. The average Bonchev–Trinajstić information content (AvgIpc) is 2.73. The van der Waals surface area contributed by atoms with Crippen LogP contribution in [0.3, 0.4) is 0 Å². The number of aromatic hydroxyl groups is 1. The number of hydrogen-bond donors (Lipinski definition) is 2. The van der Waals surface area contributed by atoms with Gasteiger partial charge in [-0.2, -0.15) is 13.2 Å². The SMILES string of the molecule is Oc1c([C@@H](Nc2cccc(C(F)(F)F)c2)c2ccncc2)ccc2cccnc12. The van der Waals surface area contributed by atoms with Gasteiger partial charge in [0.2, 0.25) is 0 Å². The zero-order chi connectivity index (χ0) is 20.4. The van der Waals surface area contributed by atoms with Gasteiger partial charge in [0.05, 0.1) is 11.6 Å². The lowest BCUT2D eigenvalue weighted by molar-refractivity contribution is -0.137. The first-order valence-electron chi connectivity index (χ1n) is 8.84. The van der Waals surface area contributed by atoms with Gasteiger partial charge in [0, 0.05) is 35.2 Å². The lowest BCUT2D eigenvalue weighted by Gasteiger charge is -2.23. The smallest absolute Gasteiger partial charge is 0.416 e. The van der Waals surface area contributed by atoms with Gasteiger partial charge < -0.3 is 10.4 Å². The molecule has 4 rings (SSSR count). The van der Waals surface area contributed by atoms with Crippen molar-refractivity contribution in [2.24, 2.45) is 0 Å². The molecule has 29 heavy (non-hydrogen) atoms. The van der Waals surface area contributed by atoms with Gasteiger partial charge in [-0.15, -0.1) is 0 Å². The van der Waals surface area contributed by atoms with Crippen LogP contribution in [-0.4, -0.2) is 15.1 Å². The van der Waals surface area contributed by atoms with Crippen molar-refractivity contribution >= 4 is 16.6 Å². The van der Waals surface area contributed by atoms with E-state index in [4.69, 9.17) is 0 Å². The molecule has 2 N–H and O–H groups in total. The third kappa shape index (κ3) is 3.85. The highest BCUT2D eigenvalue weighted by molar-refractivity contribution is 5.86. The van der Waals surface area contributed by atoms with E-state index < -0.39 is 17.8 Å². The summed E-state index contributed by atoms with van der Waals surface area (Å²) in [6.07, 6.45) is 0.311. The summed E-state index contributed by atoms with van der Waals surface area (Å²) in [4.78, 5) is 8.23. The zero-order valence-corrected chi connectivity index (χ0v) is 15.1. The third-order valence-corrected chi connectivity index (χ3v) is 4.63. The lowest BCUT2D eigenvalue weighted by Crippen LogP contribution is -2.14. The van der Waals surface area contributed by atoms with Crippen LogP contribution in [0.4, 0.5) is 18.9 Å². The molecular weight excluding hydrogens is 379 g/mol. The summed E-state index contributed by atoms with van der Waals surface area (Å²) in [7, 11) is 0. The minimum Gasteiger partial charge on any atom is -0.505 e. The fourth-order valence-corrected chi connectivity index (χ4v) is 3.23. The molecule has 2 aromatic heterocycles. The van der Waals surface area contributed by atoms with Crippen LogP contribution in [-0.2, 0) is 6.18 Å². The topological polar surface area (TPSA) is 58.0 Å². The van der Waals surface area contributed by atoms with Crippen molar-refractivity contribution in [3.63, 3.8) is 0 Å². The number of alkyl halides is 3. The molecule has 2 heterocycles. The van der Waals surface area contributed by atoms with E-state index in [0.29, 0.717) is 11.1 Å². The van der Waals surface area contributed by atoms with Gasteiger partial charge in [0.15, 0.2) is 0 Å². The largest absolute Gasteiger partial charge is 0.505 e. The Balaban J connectivity index is 1.81. The van der Waals surface area contributed by atoms with Gasteiger partial charge in [0.25, 0.3) is 0 Å². The van der Waals surface area contributed by atoms with Crippen LogP contribution >= 0.6 is 0 Å². The molecule has 146 valence electrons. The summed E-state index contributed by atoms with van der Waals surface area (Å²) in [5.74, 6) is -0.0237. The second-order valence-electron chi connectivity index (χ2n) is 6.51. The minimum atomic E-state index is -4.45.